The molecule has 1 atom stereocenters. The maximum atomic E-state index is 11.3. The van der Waals surface area contributed by atoms with E-state index in [1.165, 1.54) is 5.56 Å². The zero-order chi connectivity index (χ0) is 12.1. The second-order valence-electron chi connectivity index (χ2n) is 4.34. The molecule has 0 heterocycles. The highest BCUT2D eigenvalue weighted by Crippen LogP contribution is 2.33. The summed E-state index contributed by atoms with van der Waals surface area (Å²) in [7, 11) is 0. The molecule has 1 aliphatic rings. The Hall–Kier alpha value is -1.08. The summed E-state index contributed by atoms with van der Waals surface area (Å²) in [6.07, 6.45) is 5.99. The zero-order valence-corrected chi connectivity index (χ0v) is 11.6. The highest BCUT2D eigenvalue weighted by atomic mass is 127. The van der Waals surface area contributed by atoms with Gasteiger partial charge in [0.1, 0.15) is 0 Å². The normalized spacial score (nSPS) is 23.0. The first-order chi connectivity index (χ1) is 8.24. The van der Waals surface area contributed by atoms with Crippen molar-refractivity contribution in [2.24, 2.45) is 5.41 Å². The third kappa shape index (κ3) is 3.19. The molecule has 86 valence electrons. The monoisotopic (exact) mass is 336 g/mol. The number of carbonyl (C=O) groups excluding carboxylic acids is 1. The number of rotatable bonds is 2. The number of hydrogen-bond acceptors (Lipinski definition) is 1. The van der Waals surface area contributed by atoms with E-state index in [0.717, 1.165) is 12.8 Å². The summed E-state index contributed by atoms with van der Waals surface area (Å²) in [6.45, 7) is 0. The van der Waals surface area contributed by atoms with Crippen molar-refractivity contribution in [2.75, 3.05) is 0 Å². The van der Waals surface area contributed by atoms with Gasteiger partial charge >= 0.3 is 0 Å². The lowest BCUT2D eigenvalue weighted by Gasteiger charge is -2.27. The summed E-state index contributed by atoms with van der Waals surface area (Å²) in [6, 6.07) is 10.3. The van der Waals surface area contributed by atoms with Gasteiger partial charge in [0, 0.05) is 29.0 Å². The molecule has 0 fully saturated rings. The van der Waals surface area contributed by atoms with Crippen molar-refractivity contribution >= 4 is 28.4 Å². The molecule has 0 bridgehead atoms. The summed E-state index contributed by atoms with van der Waals surface area (Å²) in [5.74, 6) is 3.48. The first-order valence-electron chi connectivity index (χ1n) is 5.63. The lowest BCUT2D eigenvalue weighted by atomic mass is 9.75. The fourth-order valence-corrected chi connectivity index (χ4v) is 2.65. The Balaban J connectivity index is 2.26. The summed E-state index contributed by atoms with van der Waals surface area (Å²) < 4.78 is 2.97. The van der Waals surface area contributed by atoms with Crippen LogP contribution in [0.3, 0.4) is 0 Å². The standard InChI is InChI=1S/C15H13IO/c16-11-10-15(8-6-14(17)7-9-15)12-13-4-2-1-3-5-13/h1-6,8H,7,9,12H2. The van der Waals surface area contributed by atoms with Crippen LogP contribution in [0.2, 0.25) is 0 Å². The molecule has 0 N–H and O–H groups in total. The van der Waals surface area contributed by atoms with Crippen LogP contribution in [-0.4, -0.2) is 5.78 Å². The van der Waals surface area contributed by atoms with Gasteiger partial charge in [0.05, 0.1) is 5.41 Å². The van der Waals surface area contributed by atoms with E-state index in [2.05, 4.69) is 44.6 Å². The Morgan fingerprint density at radius 2 is 2.06 bits per heavy atom. The molecular formula is C15H13IO. The van der Waals surface area contributed by atoms with Crippen molar-refractivity contribution in [1.82, 2.24) is 0 Å². The lowest BCUT2D eigenvalue weighted by molar-refractivity contribution is -0.115. The number of allylic oxidation sites excluding steroid dienone is 2. The average Bonchev–Trinajstić information content (AvgIpc) is 2.35. The fourth-order valence-electron chi connectivity index (χ4n) is 2.12. The predicted molar refractivity (Wildman–Crippen MR) is 77.8 cm³/mol. The van der Waals surface area contributed by atoms with Crippen molar-refractivity contribution in [1.29, 1.82) is 0 Å². The first kappa shape index (κ1) is 12.4. The minimum atomic E-state index is -0.156. The van der Waals surface area contributed by atoms with Gasteiger partial charge < -0.3 is 0 Å². The van der Waals surface area contributed by atoms with E-state index in [4.69, 9.17) is 0 Å². The van der Waals surface area contributed by atoms with Crippen molar-refractivity contribution in [2.45, 2.75) is 19.3 Å². The molecule has 2 heteroatoms. The third-order valence-electron chi connectivity index (χ3n) is 3.06. The zero-order valence-electron chi connectivity index (χ0n) is 9.45. The highest BCUT2D eigenvalue weighted by Gasteiger charge is 2.29. The van der Waals surface area contributed by atoms with Crippen LogP contribution in [0.25, 0.3) is 0 Å². The minimum absolute atomic E-state index is 0.156. The van der Waals surface area contributed by atoms with Crippen LogP contribution in [0, 0.1) is 15.3 Å². The summed E-state index contributed by atoms with van der Waals surface area (Å²) >= 11 is 2.07. The van der Waals surface area contributed by atoms with Crippen molar-refractivity contribution in [3.8, 4) is 9.85 Å². The molecule has 0 saturated carbocycles. The maximum absolute atomic E-state index is 11.3. The van der Waals surface area contributed by atoms with Crippen LogP contribution >= 0.6 is 22.6 Å². The summed E-state index contributed by atoms with van der Waals surface area (Å²) in [5, 5.41) is 0. The van der Waals surface area contributed by atoms with Gasteiger partial charge in [-0.2, -0.15) is 0 Å². The molecule has 0 amide bonds. The van der Waals surface area contributed by atoms with Crippen molar-refractivity contribution in [3.05, 3.63) is 48.0 Å². The molecule has 0 aromatic heterocycles. The van der Waals surface area contributed by atoms with Crippen molar-refractivity contribution < 1.29 is 4.79 Å². The van der Waals surface area contributed by atoms with Crippen LogP contribution in [0.15, 0.2) is 42.5 Å². The van der Waals surface area contributed by atoms with E-state index in [1.54, 1.807) is 6.08 Å². The molecule has 17 heavy (non-hydrogen) atoms. The van der Waals surface area contributed by atoms with Crippen LogP contribution in [0.5, 0.6) is 0 Å². The fraction of sp³-hybridized carbons (Fsp3) is 0.267. The minimum Gasteiger partial charge on any atom is -0.295 e. The van der Waals surface area contributed by atoms with Gasteiger partial charge in [-0.3, -0.25) is 4.79 Å². The van der Waals surface area contributed by atoms with Crippen LogP contribution in [-0.2, 0) is 11.2 Å². The van der Waals surface area contributed by atoms with E-state index in [1.807, 2.05) is 24.3 Å². The van der Waals surface area contributed by atoms with Crippen molar-refractivity contribution in [3.63, 3.8) is 0 Å². The Bertz CT molecular complexity index is 493. The Morgan fingerprint density at radius 3 is 2.65 bits per heavy atom. The molecule has 1 aromatic carbocycles. The number of halogens is 1. The van der Waals surface area contributed by atoms with E-state index >= 15 is 0 Å². The van der Waals surface area contributed by atoms with Crippen LogP contribution < -0.4 is 0 Å². The largest absolute Gasteiger partial charge is 0.295 e. The summed E-state index contributed by atoms with van der Waals surface area (Å²) in [4.78, 5) is 11.3. The molecule has 0 saturated heterocycles. The van der Waals surface area contributed by atoms with Gasteiger partial charge in [0.2, 0.25) is 0 Å². The molecule has 1 unspecified atom stereocenters. The van der Waals surface area contributed by atoms with E-state index in [9.17, 15) is 4.79 Å². The molecule has 1 aliphatic carbocycles. The Labute approximate surface area is 115 Å². The lowest BCUT2D eigenvalue weighted by Crippen LogP contribution is -2.24. The van der Waals surface area contributed by atoms with Gasteiger partial charge in [-0.05, 0) is 28.4 Å². The van der Waals surface area contributed by atoms with Gasteiger partial charge in [-0.15, -0.1) is 0 Å². The number of carbonyl (C=O) groups is 1. The summed E-state index contributed by atoms with van der Waals surface area (Å²) in [5.41, 5.74) is 1.11. The van der Waals surface area contributed by atoms with Gasteiger partial charge in [0.15, 0.2) is 5.78 Å². The molecule has 0 radical (unpaired) electrons. The Kier molecular flexibility index (Phi) is 4.01. The Morgan fingerprint density at radius 1 is 1.29 bits per heavy atom. The van der Waals surface area contributed by atoms with Crippen LogP contribution in [0.1, 0.15) is 18.4 Å². The quantitative estimate of drug-likeness (QED) is 0.597. The highest BCUT2D eigenvalue weighted by molar-refractivity contribution is 14.1. The second kappa shape index (κ2) is 5.50. The van der Waals surface area contributed by atoms with E-state index < -0.39 is 0 Å². The van der Waals surface area contributed by atoms with E-state index in [0.29, 0.717) is 6.42 Å². The molecule has 2 rings (SSSR count). The molecule has 1 nitrogen and oxygen atoms in total. The van der Waals surface area contributed by atoms with Crippen LogP contribution in [0.4, 0.5) is 0 Å². The third-order valence-corrected chi connectivity index (χ3v) is 3.33. The number of benzene rings is 1. The molecule has 0 spiro atoms. The molecule has 1 aromatic rings. The topological polar surface area (TPSA) is 17.1 Å². The second-order valence-corrected chi connectivity index (χ2v) is 4.88. The molecule has 0 aliphatic heterocycles. The van der Waals surface area contributed by atoms with Gasteiger partial charge in [0.25, 0.3) is 0 Å². The predicted octanol–water partition coefficient (Wildman–Crippen LogP) is 3.53. The first-order valence-corrected chi connectivity index (χ1v) is 6.71. The van der Waals surface area contributed by atoms with E-state index in [-0.39, 0.29) is 11.2 Å². The van der Waals surface area contributed by atoms with Gasteiger partial charge in [-0.25, -0.2) is 0 Å². The number of hydrogen-bond donors (Lipinski definition) is 0. The smallest absolute Gasteiger partial charge is 0.155 e. The number of ketones is 1. The average molecular weight is 336 g/mol. The molecular weight excluding hydrogens is 323 g/mol. The maximum Gasteiger partial charge on any atom is 0.155 e. The van der Waals surface area contributed by atoms with Gasteiger partial charge in [-0.1, -0.05) is 42.3 Å². The SMILES string of the molecule is O=C1C=CC(C#CI)(Cc2ccccc2)CC1.